The SMILES string of the molecule is C/C=[C](\[C@H](O)CO[Si](c1ccccc1)(c1ccccc1)C(C)(C)C)[Sn]([c]1ccccc1)([c]1ccccc1)[c]1ccccc1. The van der Waals surface area contributed by atoms with Crippen LogP contribution in [0.25, 0.3) is 0 Å². The molecule has 0 unspecified atom stereocenters. The van der Waals surface area contributed by atoms with E-state index in [0.717, 1.165) is 3.59 Å². The topological polar surface area (TPSA) is 29.5 Å². The van der Waals surface area contributed by atoms with Crippen molar-refractivity contribution < 1.29 is 9.53 Å². The minimum atomic E-state index is -3.97. The summed E-state index contributed by atoms with van der Waals surface area (Å²) in [7, 11) is -2.83. The first-order valence-electron chi connectivity index (χ1n) is 15.1. The molecule has 5 rings (SSSR count). The molecule has 0 aromatic heterocycles. The second-order valence-electron chi connectivity index (χ2n) is 12.1. The maximum atomic E-state index is 12.4. The van der Waals surface area contributed by atoms with E-state index in [1.807, 2.05) is 0 Å². The Hall–Kier alpha value is -3.22. The summed E-state index contributed by atoms with van der Waals surface area (Å²) >= 11 is -3.97. The van der Waals surface area contributed by atoms with Crippen LogP contribution < -0.4 is 21.1 Å². The summed E-state index contributed by atoms with van der Waals surface area (Å²) < 4.78 is 12.3. The van der Waals surface area contributed by atoms with Gasteiger partial charge in [0, 0.05) is 0 Å². The van der Waals surface area contributed by atoms with Crippen LogP contribution >= 0.6 is 0 Å². The van der Waals surface area contributed by atoms with E-state index in [2.05, 4.69) is 185 Å². The standard InChI is InChI=1S/C21H27O2Si.3C6H5.Sn/c1-5-12-18(22)17-23-24(21(2,3)4,19-13-8-6-9-14-19)20-15-10-7-11-16-20;3*1-2-4-6-5-3-1;/h5-11,13-16,18,22H,17H2,1-4H3;3*1-5H;/t18-;;;;/m0..../s1. The fraction of sp³-hybridized carbons (Fsp3) is 0.179. The number of allylic oxidation sites excluding steroid dienone is 1. The van der Waals surface area contributed by atoms with Gasteiger partial charge < -0.3 is 0 Å². The van der Waals surface area contributed by atoms with E-state index in [4.69, 9.17) is 4.43 Å². The molecule has 0 radical (unpaired) electrons. The van der Waals surface area contributed by atoms with E-state index >= 15 is 0 Å². The first-order valence-corrected chi connectivity index (χ1v) is 22.7. The van der Waals surface area contributed by atoms with Crippen molar-refractivity contribution in [2.24, 2.45) is 0 Å². The number of benzene rings is 5. The summed E-state index contributed by atoms with van der Waals surface area (Å²) in [5.41, 5.74) is 0. The van der Waals surface area contributed by atoms with Gasteiger partial charge in [-0.1, -0.05) is 0 Å². The molecule has 0 heterocycles. The maximum absolute atomic E-state index is 12.4. The Bertz CT molecular complexity index is 1460. The van der Waals surface area contributed by atoms with Crippen molar-refractivity contribution in [3.8, 4) is 0 Å². The Morgan fingerprint density at radius 1 is 0.628 bits per heavy atom. The summed E-state index contributed by atoms with van der Waals surface area (Å²) in [5.74, 6) is 0. The molecule has 0 spiro atoms. The van der Waals surface area contributed by atoms with Crippen LogP contribution in [0.5, 0.6) is 0 Å². The zero-order chi connectivity index (χ0) is 30.3. The summed E-state index contributed by atoms with van der Waals surface area (Å²) in [6.45, 7) is 9.15. The Balaban J connectivity index is 1.67. The molecule has 0 amide bonds. The molecule has 0 bridgehead atoms. The Morgan fingerprint density at radius 2 is 0.953 bits per heavy atom. The molecule has 1 atom stereocenters. The number of hydrogen-bond acceptors (Lipinski definition) is 2. The molecular weight excluding hydrogens is 647 g/mol. The van der Waals surface area contributed by atoms with Crippen LogP contribution in [0, 0.1) is 0 Å². The van der Waals surface area contributed by atoms with Crippen molar-refractivity contribution in [1.29, 1.82) is 0 Å². The zero-order valence-electron chi connectivity index (χ0n) is 25.7. The van der Waals surface area contributed by atoms with Gasteiger partial charge in [-0.05, 0) is 0 Å². The average molecular weight is 690 g/mol. The normalized spacial score (nSPS) is 13.5. The molecule has 0 fully saturated rings. The van der Waals surface area contributed by atoms with Gasteiger partial charge in [-0.2, -0.15) is 0 Å². The van der Waals surface area contributed by atoms with E-state index in [-0.39, 0.29) is 11.6 Å². The van der Waals surface area contributed by atoms with Gasteiger partial charge in [-0.3, -0.25) is 0 Å². The van der Waals surface area contributed by atoms with Crippen molar-refractivity contribution in [2.45, 2.75) is 38.8 Å². The summed E-state index contributed by atoms with van der Waals surface area (Å²) in [4.78, 5) is 0. The van der Waals surface area contributed by atoms with Gasteiger partial charge in [0.15, 0.2) is 0 Å². The van der Waals surface area contributed by atoms with Gasteiger partial charge in [0.2, 0.25) is 0 Å². The number of hydrogen-bond donors (Lipinski definition) is 1. The van der Waals surface area contributed by atoms with E-state index in [0.29, 0.717) is 0 Å². The van der Waals surface area contributed by atoms with Crippen molar-refractivity contribution in [1.82, 2.24) is 0 Å². The second-order valence-corrected chi connectivity index (χ2v) is 27.3. The second kappa shape index (κ2) is 13.6. The van der Waals surface area contributed by atoms with Gasteiger partial charge in [-0.25, -0.2) is 0 Å². The third-order valence-electron chi connectivity index (χ3n) is 8.60. The Kier molecular flexibility index (Phi) is 9.87. The molecule has 5 aromatic rings. The molecular formula is C39H42O2SiSn. The molecule has 4 heteroatoms. The van der Waals surface area contributed by atoms with E-state index < -0.39 is 32.8 Å². The molecule has 0 aliphatic rings. The average Bonchev–Trinajstić information content (AvgIpc) is 3.05. The predicted octanol–water partition coefficient (Wildman–Crippen LogP) is 5.58. The molecule has 0 saturated heterocycles. The minimum absolute atomic E-state index is 0.176. The monoisotopic (exact) mass is 690 g/mol. The van der Waals surface area contributed by atoms with Gasteiger partial charge in [-0.15, -0.1) is 0 Å². The Labute approximate surface area is 262 Å². The van der Waals surface area contributed by atoms with Crippen molar-refractivity contribution in [3.63, 3.8) is 0 Å². The number of aliphatic hydroxyl groups is 1. The molecule has 2 nitrogen and oxygen atoms in total. The number of rotatable bonds is 10. The fourth-order valence-electron chi connectivity index (χ4n) is 6.78. The third-order valence-corrected chi connectivity index (χ3v) is 28.1. The number of aliphatic hydroxyl groups excluding tert-OH is 1. The van der Waals surface area contributed by atoms with Crippen LogP contribution in [-0.2, 0) is 4.43 Å². The van der Waals surface area contributed by atoms with Crippen LogP contribution in [0.2, 0.25) is 5.04 Å². The van der Waals surface area contributed by atoms with Crippen molar-refractivity contribution in [3.05, 3.63) is 161 Å². The van der Waals surface area contributed by atoms with Gasteiger partial charge in [0.05, 0.1) is 0 Å². The van der Waals surface area contributed by atoms with Gasteiger partial charge in [0.25, 0.3) is 0 Å². The molecule has 43 heavy (non-hydrogen) atoms. The summed E-state index contributed by atoms with van der Waals surface area (Å²) in [6.07, 6.45) is 1.41. The Morgan fingerprint density at radius 3 is 1.26 bits per heavy atom. The first-order chi connectivity index (χ1) is 20.9. The summed E-state index contributed by atoms with van der Waals surface area (Å²) in [6, 6.07) is 53.9. The molecule has 218 valence electrons. The molecule has 5 aromatic carbocycles. The molecule has 1 N–H and O–H groups in total. The molecule has 0 aliphatic carbocycles. The first kappa shape index (κ1) is 31.2. The van der Waals surface area contributed by atoms with E-state index in [1.54, 1.807) is 0 Å². The van der Waals surface area contributed by atoms with E-state index in [9.17, 15) is 5.11 Å². The molecule has 0 saturated carbocycles. The van der Waals surface area contributed by atoms with Crippen LogP contribution in [0.15, 0.2) is 161 Å². The van der Waals surface area contributed by atoms with Crippen LogP contribution in [0.4, 0.5) is 0 Å². The summed E-state index contributed by atoms with van der Waals surface area (Å²) in [5, 5.41) is 14.7. The van der Waals surface area contributed by atoms with Gasteiger partial charge in [0.1, 0.15) is 0 Å². The quantitative estimate of drug-likeness (QED) is 0.194. The molecule has 0 aliphatic heterocycles. The van der Waals surface area contributed by atoms with Crippen LogP contribution in [-0.4, -0.2) is 44.5 Å². The van der Waals surface area contributed by atoms with E-state index in [1.165, 1.54) is 21.1 Å². The van der Waals surface area contributed by atoms with Crippen molar-refractivity contribution in [2.75, 3.05) is 6.61 Å². The third kappa shape index (κ3) is 5.96. The zero-order valence-corrected chi connectivity index (χ0v) is 29.5. The van der Waals surface area contributed by atoms with Gasteiger partial charge >= 0.3 is 264 Å². The van der Waals surface area contributed by atoms with Crippen LogP contribution in [0.1, 0.15) is 27.7 Å². The fourth-order valence-corrected chi connectivity index (χ4v) is 25.9. The van der Waals surface area contributed by atoms with Crippen molar-refractivity contribution >= 4 is 47.8 Å². The predicted molar refractivity (Wildman–Crippen MR) is 187 cm³/mol. The van der Waals surface area contributed by atoms with Crippen LogP contribution in [0.3, 0.4) is 0 Å².